The zero-order chi connectivity index (χ0) is 16.3. The van der Waals surface area contributed by atoms with Crippen molar-refractivity contribution >= 4 is 11.9 Å². The highest BCUT2D eigenvalue weighted by Crippen LogP contribution is 2.09. The molecule has 0 aliphatic rings. The minimum absolute atomic E-state index is 0.480. The molecule has 0 heterocycles. The monoisotopic (exact) mass is 294 g/mol. The highest BCUT2D eigenvalue weighted by atomic mass is 16.6. The quantitative estimate of drug-likeness (QED) is 0.261. The molecule has 0 aliphatic carbocycles. The molecule has 120 valence electrons. The van der Waals surface area contributed by atoms with Gasteiger partial charge in [0.05, 0.1) is 0 Å². The highest BCUT2D eigenvalue weighted by molar-refractivity contribution is 6.01. The molecule has 0 N–H and O–H groups in total. The molecule has 3 nitrogen and oxygen atoms in total. The van der Waals surface area contributed by atoms with Gasteiger partial charge in [0, 0.05) is 11.1 Å². The van der Waals surface area contributed by atoms with Crippen LogP contribution in [-0.2, 0) is 14.3 Å². The Labute approximate surface area is 129 Å². The van der Waals surface area contributed by atoms with Gasteiger partial charge in [-0.1, -0.05) is 52.2 Å². The van der Waals surface area contributed by atoms with Gasteiger partial charge in [-0.25, -0.2) is 9.59 Å². The van der Waals surface area contributed by atoms with Crippen molar-refractivity contribution in [2.75, 3.05) is 0 Å². The number of rotatable bonds is 9. The average molecular weight is 294 g/mol. The fourth-order valence-electron chi connectivity index (χ4n) is 1.71. The second-order valence-electron chi connectivity index (χ2n) is 5.93. The van der Waals surface area contributed by atoms with Gasteiger partial charge in [-0.05, 0) is 39.0 Å². The maximum Gasteiger partial charge on any atom is 0.341 e. The van der Waals surface area contributed by atoms with Gasteiger partial charge in [0.25, 0.3) is 0 Å². The molecule has 3 heteroatoms. The Kier molecular flexibility index (Phi) is 10.6. The lowest BCUT2D eigenvalue weighted by molar-refractivity contribution is -0.153. The number of hydrogen-bond donors (Lipinski definition) is 0. The van der Waals surface area contributed by atoms with Gasteiger partial charge in [0.1, 0.15) is 0 Å². The summed E-state index contributed by atoms with van der Waals surface area (Å²) in [4.78, 5) is 23.5. The summed E-state index contributed by atoms with van der Waals surface area (Å²) in [6.45, 7) is 9.70. The van der Waals surface area contributed by atoms with Crippen LogP contribution >= 0.6 is 0 Å². The second-order valence-corrected chi connectivity index (χ2v) is 5.93. The smallest absolute Gasteiger partial charge is 0.341 e. The fraction of sp³-hybridized carbons (Fsp3) is 0.667. The number of carbonyl (C=O) groups is 2. The van der Waals surface area contributed by atoms with Gasteiger partial charge in [-0.15, -0.1) is 0 Å². The molecule has 0 radical (unpaired) electrons. The molecular weight excluding hydrogens is 264 g/mol. The molecule has 0 aromatic heterocycles. The Hall–Kier alpha value is -1.38. The largest absolute Gasteiger partial charge is 0.386 e. The molecule has 0 spiro atoms. The molecule has 0 atom stereocenters. The number of carbonyl (C=O) groups excluding carboxylic acids is 2. The van der Waals surface area contributed by atoms with Crippen molar-refractivity contribution < 1.29 is 14.3 Å². The van der Waals surface area contributed by atoms with Crippen LogP contribution in [0.25, 0.3) is 0 Å². The predicted molar refractivity (Wildman–Crippen MR) is 86.8 cm³/mol. The molecule has 21 heavy (non-hydrogen) atoms. The van der Waals surface area contributed by atoms with Crippen molar-refractivity contribution in [3.8, 4) is 0 Å². The van der Waals surface area contributed by atoms with Crippen LogP contribution in [0.3, 0.4) is 0 Å². The molecule has 0 saturated carbocycles. The predicted octanol–water partition coefficient (Wildman–Crippen LogP) is 4.97. The highest BCUT2D eigenvalue weighted by Gasteiger charge is 2.13. The second kappa shape index (κ2) is 11.3. The Bertz CT molecular complexity index is 389. The van der Waals surface area contributed by atoms with Gasteiger partial charge in [0.15, 0.2) is 0 Å². The lowest BCUT2D eigenvalue weighted by Gasteiger charge is -2.05. The van der Waals surface area contributed by atoms with Crippen molar-refractivity contribution in [2.45, 2.75) is 73.1 Å². The zero-order valence-corrected chi connectivity index (χ0v) is 14.2. The van der Waals surface area contributed by atoms with E-state index in [1.165, 1.54) is 19.3 Å². The van der Waals surface area contributed by atoms with E-state index in [1.54, 1.807) is 13.8 Å². The van der Waals surface area contributed by atoms with Crippen LogP contribution in [0.15, 0.2) is 23.3 Å². The Balaban J connectivity index is 4.24. The van der Waals surface area contributed by atoms with Gasteiger partial charge < -0.3 is 4.74 Å². The van der Waals surface area contributed by atoms with Crippen LogP contribution in [0.1, 0.15) is 73.1 Å². The summed E-state index contributed by atoms with van der Waals surface area (Å²) < 4.78 is 4.87. The zero-order valence-electron chi connectivity index (χ0n) is 14.2. The third-order valence-corrected chi connectivity index (χ3v) is 3.23. The SMILES string of the molecule is CCCCCCC=C(C)C(=O)OC(=O)C(C)=CCC(C)C. The number of allylic oxidation sites excluding steroid dienone is 2. The third kappa shape index (κ3) is 10.1. The normalized spacial score (nSPS) is 12.7. The van der Waals surface area contributed by atoms with E-state index in [2.05, 4.69) is 20.8 Å². The summed E-state index contributed by atoms with van der Waals surface area (Å²) in [6.07, 6.45) is 10.0. The first kappa shape index (κ1) is 19.6. The molecule has 0 unspecified atom stereocenters. The van der Waals surface area contributed by atoms with Gasteiger partial charge in [0.2, 0.25) is 0 Å². The van der Waals surface area contributed by atoms with E-state index in [1.807, 2.05) is 12.2 Å². The first-order chi connectivity index (χ1) is 9.88. The van der Waals surface area contributed by atoms with Crippen LogP contribution in [0.5, 0.6) is 0 Å². The van der Waals surface area contributed by atoms with E-state index in [0.717, 1.165) is 19.3 Å². The van der Waals surface area contributed by atoms with E-state index in [9.17, 15) is 9.59 Å². The van der Waals surface area contributed by atoms with Crippen molar-refractivity contribution in [1.29, 1.82) is 0 Å². The van der Waals surface area contributed by atoms with Crippen molar-refractivity contribution in [2.24, 2.45) is 5.92 Å². The molecular formula is C18H30O3. The number of ether oxygens (including phenoxy) is 1. The summed E-state index contributed by atoms with van der Waals surface area (Å²) in [5.41, 5.74) is 1.00. The van der Waals surface area contributed by atoms with Gasteiger partial charge in [-0.2, -0.15) is 0 Å². The van der Waals surface area contributed by atoms with Crippen LogP contribution in [0, 0.1) is 5.92 Å². The molecule has 0 aliphatic heterocycles. The van der Waals surface area contributed by atoms with Crippen LogP contribution in [0.4, 0.5) is 0 Å². The van der Waals surface area contributed by atoms with E-state index >= 15 is 0 Å². The first-order valence-electron chi connectivity index (χ1n) is 7.98. The van der Waals surface area contributed by atoms with Crippen molar-refractivity contribution in [3.63, 3.8) is 0 Å². The number of unbranched alkanes of at least 4 members (excludes halogenated alkanes) is 4. The Morgan fingerprint density at radius 3 is 2.05 bits per heavy atom. The maximum atomic E-state index is 11.8. The van der Waals surface area contributed by atoms with E-state index in [0.29, 0.717) is 17.1 Å². The third-order valence-electron chi connectivity index (χ3n) is 3.23. The number of esters is 2. The fourth-order valence-corrected chi connectivity index (χ4v) is 1.71. The van der Waals surface area contributed by atoms with Gasteiger partial charge in [-0.3, -0.25) is 0 Å². The average Bonchev–Trinajstić information content (AvgIpc) is 2.43. The van der Waals surface area contributed by atoms with Crippen molar-refractivity contribution in [1.82, 2.24) is 0 Å². The summed E-state index contributed by atoms with van der Waals surface area (Å²) in [5, 5.41) is 0. The van der Waals surface area contributed by atoms with E-state index in [4.69, 9.17) is 4.74 Å². The molecule has 0 bridgehead atoms. The summed E-state index contributed by atoms with van der Waals surface area (Å²) >= 11 is 0. The molecule has 0 aromatic rings. The van der Waals surface area contributed by atoms with Crippen LogP contribution < -0.4 is 0 Å². The maximum absolute atomic E-state index is 11.8. The molecule has 0 rings (SSSR count). The van der Waals surface area contributed by atoms with Crippen LogP contribution in [-0.4, -0.2) is 11.9 Å². The van der Waals surface area contributed by atoms with E-state index in [-0.39, 0.29) is 0 Å². The lowest BCUT2D eigenvalue weighted by Crippen LogP contribution is -2.14. The number of hydrogen-bond acceptors (Lipinski definition) is 3. The molecule has 0 saturated heterocycles. The van der Waals surface area contributed by atoms with Gasteiger partial charge >= 0.3 is 11.9 Å². The lowest BCUT2D eigenvalue weighted by atomic mass is 10.1. The van der Waals surface area contributed by atoms with Crippen LogP contribution in [0.2, 0.25) is 0 Å². The standard InChI is InChI=1S/C18H30O3/c1-6-7-8-9-10-11-15(4)17(19)21-18(20)16(5)13-12-14(2)3/h11,13-14H,6-10,12H2,1-5H3. The minimum atomic E-state index is -0.542. The molecule has 0 aromatic carbocycles. The summed E-state index contributed by atoms with van der Waals surface area (Å²) in [5.74, 6) is -0.597. The van der Waals surface area contributed by atoms with Crippen molar-refractivity contribution in [3.05, 3.63) is 23.3 Å². The summed E-state index contributed by atoms with van der Waals surface area (Å²) in [6, 6.07) is 0. The minimum Gasteiger partial charge on any atom is -0.386 e. The topological polar surface area (TPSA) is 43.4 Å². The Morgan fingerprint density at radius 2 is 1.52 bits per heavy atom. The molecule has 0 fully saturated rings. The summed E-state index contributed by atoms with van der Waals surface area (Å²) in [7, 11) is 0. The van der Waals surface area contributed by atoms with E-state index < -0.39 is 11.9 Å². The first-order valence-corrected chi connectivity index (χ1v) is 7.98. The molecule has 0 amide bonds. The Morgan fingerprint density at radius 1 is 0.952 bits per heavy atom.